The van der Waals surface area contributed by atoms with E-state index in [1.165, 1.54) is 24.6 Å². The number of hydrogen-bond donors (Lipinski definition) is 0. The first-order chi connectivity index (χ1) is 12.7. The van der Waals surface area contributed by atoms with Gasteiger partial charge in [0, 0.05) is 6.07 Å². The lowest BCUT2D eigenvalue weighted by Crippen LogP contribution is -2.57. The topological polar surface area (TPSA) is 105 Å². The highest BCUT2D eigenvalue weighted by Crippen LogP contribution is 2.61. The van der Waals surface area contributed by atoms with Crippen molar-refractivity contribution in [2.24, 2.45) is 23.2 Å². The molecule has 0 N–H and O–H groups in total. The van der Waals surface area contributed by atoms with Crippen molar-refractivity contribution in [3.8, 4) is 0 Å². The number of aromatic nitrogens is 1. The molecule has 144 valence electrons. The Bertz CT molecular complexity index is 988. The maximum Gasteiger partial charge on any atom is 0.420 e. The maximum absolute atomic E-state index is 12.4. The van der Waals surface area contributed by atoms with Crippen LogP contribution < -0.4 is 5.76 Å². The second kappa shape index (κ2) is 5.94. The number of nitro groups is 1. The molecular formula is C19H22N2O6. The first kappa shape index (κ1) is 17.8. The van der Waals surface area contributed by atoms with Crippen LogP contribution in [0.15, 0.2) is 27.4 Å². The summed E-state index contributed by atoms with van der Waals surface area (Å²) in [6, 6.07) is 3.86. The average molecular weight is 374 g/mol. The van der Waals surface area contributed by atoms with E-state index in [1.54, 1.807) is 0 Å². The van der Waals surface area contributed by atoms with Crippen LogP contribution in [0.25, 0.3) is 11.1 Å². The summed E-state index contributed by atoms with van der Waals surface area (Å²) in [6.45, 7) is 6.40. The number of esters is 1. The maximum atomic E-state index is 12.4. The summed E-state index contributed by atoms with van der Waals surface area (Å²) in [5.74, 6) is 0.174. The van der Waals surface area contributed by atoms with Gasteiger partial charge in [-0.1, -0.05) is 20.8 Å². The molecule has 0 saturated heterocycles. The molecule has 8 nitrogen and oxygen atoms in total. The van der Waals surface area contributed by atoms with Crippen molar-refractivity contribution in [3.05, 3.63) is 38.9 Å². The fraction of sp³-hybridized carbons (Fsp3) is 0.579. The van der Waals surface area contributed by atoms with Crippen molar-refractivity contribution in [2.75, 3.05) is 0 Å². The Hall–Kier alpha value is -2.64. The van der Waals surface area contributed by atoms with Gasteiger partial charge in [-0.3, -0.25) is 19.5 Å². The highest BCUT2D eigenvalue weighted by molar-refractivity contribution is 5.78. The average Bonchev–Trinajstić information content (AvgIpc) is 2.90. The summed E-state index contributed by atoms with van der Waals surface area (Å²) in [4.78, 5) is 34.8. The van der Waals surface area contributed by atoms with Gasteiger partial charge in [-0.25, -0.2) is 4.79 Å². The number of non-ortho nitro benzene ring substituents is 1. The van der Waals surface area contributed by atoms with E-state index in [9.17, 15) is 19.7 Å². The smallest absolute Gasteiger partial charge is 0.420 e. The molecule has 0 unspecified atom stereocenters. The molecule has 1 aromatic carbocycles. The fourth-order valence-electron chi connectivity index (χ4n) is 4.91. The largest absolute Gasteiger partial charge is 0.461 e. The van der Waals surface area contributed by atoms with Crippen molar-refractivity contribution < 1.29 is 18.9 Å². The van der Waals surface area contributed by atoms with Crippen LogP contribution >= 0.6 is 0 Å². The van der Waals surface area contributed by atoms with Crippen LogP contribution in [0, 0.1) is 33.3 Å². The first-order valence-electron chi connectivity index (χ1n) is 9.15. The molecule has 3 fully saturated rings. The molecule has 8 heteroatoms. The quantitative estimate of drug-likeness (QED) is 0.463. The third-order valence-electron chi connectivity index (χ3n) is 6.72. The highest BCUT2D eigenvalue weighted by Gasteiger charge is 2.57. The number of fused-ring (bicyclic) bond motifs is 3. The Labute approximate surface area is 155 Å². The minimum absolute atomic E-state index is 0.0797. The summed E-state index contributed by atoms with van der Waals surface area (Å²) >= 11 is 0. The molecule has 2 bridgehead atoms. The Morgan fingerprint density at radius 2 is 2.15 bits per heavy atom. The van der Waals surface area contributed by atoms with Crippen LogP contribution in [0.3, 0.4) is 0 Å². The number of nitro benzene ring substituents is 1. The summed E-state index contributed by atoms with van der Waals surface area (Å²) in [7, 11) is 0. The van der Waals surface area contributed by atoms with Crippen LogP contribution in [0.1, 0.15) is 33.6 Å². The summed E-state index contributed by atoms with van der Waals surface area (Å²) in [5.41, 5.74) is 0.539. The van der Waals surface area contributed by atoms with Gasteiger partial charge in [0.2, 0.25) is 0 Å². The van der Waals surface area contributed by atoms with Crippen LogP contribution in [-0.4, -0.2) is 21.6 Å². The van der Waals surface area contributed by atoms with E-state index in [0.717, 1.165) is 11.0 Å². The van der Waals surface area contributed by atoms with Crippen LogP contribution in [-0.2, 0) is 16.1 Å². The van der Waals surface area contributed by atoms with Crippen molar-refractivity contribution in [3.63, 3.8) is 0 Å². The number of ether oxygens (including phenoxy) is 1. The van der Waals surface area contributed by atoms with Crippen LogP contribution in [0.5, 0.6) is 0 Å². The van der Waals surface area contributed by atoms with Gasteiger partial charge in [0.1, 0.15) is 12.6 Å². The number of benzene rings is 1. The molecule has 4 atom stereocenters. The van der Waals surface area contributed by atoms with Gasteiger partial charge in [0.15, 0.2) is 5.58 Å². The predicted octanol–water partition coefficient (Wildman–Crippen LogP) is 3.12. The minimum atomic E-state index is -0.733. The van der Waals surface area contributed by atoms with Crippen LogP contribution in [0.4, 0.5) is 5.69 Å². The molecule has 3 saturated carbocycles. The lowest BCUT2D eigenvalue weighted by Gasteiger charge is -2.61. The summed E-state index contributed by atoms with van der Waals surface area (Å²) in [5, 5.41) is 10.8. The number of carbonyl (C=O) groups is 1. The van der Waals surface area contributed by atoms with E-state index in [4.69, 9.17) is 9.15 Å². The Morgan fingerprint density at radius 1 is 1.41 bits per heavy atom. The molecule has 3 aliphatic rings. The molecule has 0 radical (unpaired) electrons. The van der Waals surface area contributed by atoms with Crippen molar-refractivity contribution in [1.82, 2.24) is 4.57 Å². The molecular weight excluding hydrogens is 352 g/mol. The third kappa shape index (κ3) is 2.74. The van der Waals surface area contributed by atoms with E-state index in [2.05, 4.69) is 20.8 Å². The predicted molar refractivity (Wildman–Crippen MR) is 96.2 cm³/mol. The lowest BCUT2D eigenvalue weighted by molar-refractivity contribution is -0.384. The van der Waals surface area contributed by atoms with Crippen molar-refractivity contribution in [1.29, 1.82) is 0 Å². The summed E-state index contributed by atoms with van der Waals surface area (Å²) < 4.78 is 11.9. The Morgan fingerprint density at radius 3 is 2.78 bits per heavy atom. The Kier molecular flexibility index (Phi) is 3.90. The SMILES string of the molecule is C[C@H]1[C@H]2C[C@H](C[C@H]1OC(=O)Cn1c(=O)oc3cc([N+](=O)[O-])ccc31)C2(C)C. The van der Waals surface area contributed by atoms with Gasteiger partial charge in [-0.05, 0) is 42.1 Å². The van der Waals surface area contributed by atoms with Crippen molar-refractivity contribution in [2.45, 2.75) is 46.3 Å². The molecule has 1 heterocycles. The van der Waals surface area contributed by atoms with Crippen molar-refractivity contribution >= 4 is 22.8 Å². The normalized spacial score (nSPS) is 28.6. The molecule has 1 aromatic heterocycles. The molecule has 0 aliphatic heterocycles. The summed E-state index contributed by atoms with van der Waals surface area (Å²) in [6.07, 6.45) is 1.90. The number of carbonyl (C=O) groups excluding carboxylic acids is 1. The molecule has 0 amide bonds. The monoisotopic (exact) mass is 374 g/mol. The molecule has 2 aromatic rings. The van der Waals surface area contributed by atoms with E-state index in [1.807, 2.05) is 0 Å². The van der Waals surface area contributed by atoms with E-state index in [0.29, 0.717) is 22.8 Å². The lowest BCUT2D eigenvalue weighted by atomic mass is 9.45. The number of oxazole rings is 1. The first-order valence-corrected chi connectivity index (χ1v) is 9.15. The number of rotatable bonds is 4. The second-order valence-corrected chi connectivity index (χ2v) is 8.35. The van der Waals surface area contributed by atoms with Gasteiger partial charge in [-0.15, -0.1) is 0 Å². The van der Waals surface area contributed by atoms with Gasteiger partial charge in [0.05, 0.1) is 16.5 Å². The molecule has 27 heavy (non-hydrogen) atoms. The molecule has 0 spiro atoms. The van der Waals surface area contributed by atoms with Gasteiger partial charge in [-0.2, -0.15) is 0 Å². The zero-order chi connectivity index (χ0) is 19.5. The van der Waals surface area contributed by atoms with E-state index in [-0.39, 0.29) is 29.8 Å². The zero-order valence-corrected chi connectivity index (χ0v) is 15.5. The van der Waals surface area contributed by atoms with Gasteiger partial charge in [0.25, 0.3) is 5.69 Å². The zero-order valence-electron chi connectivity index (χ0n) is 15.5. The van der Waals surface area contributed by atoms with Crippen LogP contribution in [0.2, 0.25) is 0 Å². The highest BCUT2D eigenvalue weighted by atomic mass is 16.6. The number of hydrogen-bond acceptors (Lipinski definition) is 6. The van der Waals surface area contributed by atoms with E-state index >= 15 is 0 Å². The Balaban J connectivity index is 1.50. The fourth-order valence-corrected chi connectivity index (χ4v) is 4.91. The minimum Gasteiger partial charge on any atom is -0.461 e. The van der Waals surface area contributed by atoms with Gasteiger partial charge < -0.3 is 9.15 Å². The van der Waals surface area contributed by atoms with E-state index < -0.39 is 16.6 Å². The second-order valence-electron chi connectivity index (χ2n) is 8.35. The third-order valence-corrected chi connectivity index (χ3v) is 6.72. The molecule has 3 aliphatic carbocycles. The standard InChI is InChI=1S/C19H22N2O6/c1-10-13-6-11(19(13,2)3)7-15(10)26-17(22)9-20-14-5-4-12(21(24)25)8-16(14)27-18(20)23/h4-5,8,10-11,13,15H,6-7,9H2,1-3H3/t10-,11+,13+,15+/m0/s1. The molecule has 5 rings (SSSR count). The van der Waals surface area contributed by atoms with Gasteiger partial charge >= 0.3 is 11.7 Å². The number of nitrogens with zero attached hydrogens (tertiary/aromatic N) is 2.